The van der Waals surface area contributed by atoms with Gasteiger partial charge in [-0.3, -0.25) is 4.74 Å². The van der Waals surface area contributed by atoms with Crippen molar-refractivity contribution in [2.24, 2.45) is 0 Å². The number of likely N-dealkylation sites (N-methyl/N-ethyl adjacent to an activating group) is 1. The molecule has 2 aliphatic heterocycles. The van der Waals surface area contributed by atoms with Crippen molar-refractivity contribution in [1.82, 2.24) is 0 Å². The molecule has 0 spiro atoms. The number of ether oxygens (including phenoxy) is 2. The molecule has 2 saturated heterocycles. The van der Waals surface area contributed by atoms with Crippen LogP contribution in [0.4, 0.5) is 71.5 Å². The van der Waals surface area contributed by atoms with Gasteiger partial charge in [-0.25, -0.2) is 0 Å². The molecule has 52 heavy (non-hydrogen) atoms. The van der Waals surface area contributed by atoms with Crippen LogP contribution in [0.2, 0.25) is 0 Å². The normalized spacial score (nSPS) is 23.1. The molecule has 2 fully saturated rings. The Morgan fingerprint density at radius 3 is 1.25 bits per heavy atom. The van der Waals surface area contributed by atoms with E-state index in [4.69, 9.17) is 18.6 Å². The van der Waals surface area contributed by atoms with Crippen LogP contribution in [0.5, 0.6) is 0 Å². The minimum absolute atomic E-state index is 0.00858. The van der Waals surface area contributed by atoms with Crippen molar-refractivity contribution < 1.29 is 93.9 Å². The second kappa shape index (κ2) is 13.0. The maximum atomic E-state index is 15.6. The number of hydrogen-bond acceptors (Lipinski definition) is 7. The molecule has 2 atom stereocenters. The van der Waals surface area contributed by atoms with Crippen molar-refractivity contribution in [3.05, 3.63) is 18.2 Å². The van der Waals surface area contributed by atoms with Crippen LogP contribution in [-0.2, 0) is 28.1 Å². The predicted octanol–water partition coefficient (Wildman–Crippen LogP) is 7.00. The van der Waals surface area contributed by atoms with Gasteiger partial charge in [0.05, 0.1) is 28.9 Å². The van der Waals surface area contributed by atoms with Crippen LogP contribution in [-0.4, -0.2) is 99.1 Å². The van der Waals surface area contributed by atoms with E-state index in [1.807, 2.05) is 0 Å². The summed E-state index contributed by atoms with van der Waals surface area (Å²) in [4.78, 5) is 0.194. The first-order valence-electron chi connectivity index (χ1n) is 15.0. The number of benzene rings is 1. The molecule has 1 aromatic rings. The van der Waals surface area contributed by atoms with Gasteiger partial charge in [0.1, 0.15) is 6.61 Å². The molecule has 0 saturated carbocycles. The van der Waals surface area contributed by atoms with Crippen LogP contribution in [0.25, 0.3) is 0 Å². The minimum atomic E-state index is -7.37. The van der Waals surface area contributed by atoms with E-state index in [1.165, 1.54) is 6.07 Å². The number of hydrogen-bond donors (Lipinski definition) is 0. The number of anilines is 1. The van der Waals surface area contributed by atoms with Gasteiger partial charge < -0.3 is 28.3 Å². The fourth-order valence-corrected chi connectivity index (χ4v) is 4.56. The lowest BCUT2D eigenvalue weighted by molar-refractivity contribution is -0.506. The summed E-state index contributed by atoms with van der Waals surface area (Å²) in [6.45, 7) is 6.75. The van der Waals surface area contributed by atoms with E-state index >= 15 is 4.39 Å². The van der Waals surface area contributed by atoms with Crippen molar-refractivity contribution in [1.29, 1.82) is 0 Å². The molecule has 0 amide bonds. The standard InChI is InChI=1S/C28H34B2F15NO6/c1-18(2)19(3,4)50-29(49-18)15-10-16(30-51-20(5,6)21(7,8)52-30)12-17(11-15)46(9)13-23(33,26(38,39)40)48-28(44,45)24(34,27(41,42)43)47-14-22(31,32)25(35,36)37/h10-12H,13-14H2,1-9H3. The van der Waals surface area contributed by atoms with E-state index in [1.54, 1.807) is 55.4 Å². The lowest BCUT2D eigenvalue weighted by Crippen LogP contribution is -2.65. The third-order valence-electron chi connectivity index (χ3n) is 9.21. The zero-order valence-electron chi connectivity index (χ0n) is 28.9. The minimum Gasteiger partial charge on any atom is -0.399 e. The summed E-state index contributed by atoms with van der Waals surface area (Å²) in [6, 6.07) is 3.40. The van der Waals surface area contributed by atoms with Gasteiger partial charge in [-0.05, 0) is 78.4 Å². The van der Waals surface area contributed by atoms with Gasteiger partial charge in [-0.1, -0.05) is 6.07 Å². The molecule has 24 heteroatoms. The van der Waals surface area contributed by atoms with Gasteiger partial charge >= 0.3 is 56.5 Å². The second-order valence-corrected chi connectivity index (χ2v) is 14.3. The second-order valence-electron chi connectivity index (χ2n) is 14.3. The highest BCUT2D eigenvalue weighted by Crippen LogP contribution is 2.52. The predicted molar refractivity (Wildman–Crippen MR) is 154 cm³/mol. The van der Waals surface area contributed by atoms with Crippen molar-refractivity contribution in [2.45, 2.75) is 120 Å². The molecule has 2 heterocycles. The smallest absolute Gasteiger partial charge is 0.399 e. The fraction of sp³-hybridized carbons (Fsp3) is 0.786. The van der Waals surface area contributed by atoms with Crippen molar-refractivity contribution in [3.8, 4) is 0 Å². The molecule has 2 aliphatic rings. The summed E-state index contributed by atoms with van der Waals surface area (Å²) in [5.41, 5.74) is -4.51. The molecule has 0 aromatic heterocycles. The Hall–Kier alpha value is -2.14. The Kier molecular flexibility index (Phi) is 11.0. The molecule has 3 rings (SSSR count). The maximum Gasteiger partial charge on any atom is 0.494 e. The van der Waals surface area contributed by atoms with Crippen LogP contribution < -0.4 is 15.8 Å². The van der Waals surface area contributed by atoms with Gasteiger partial charge in [0.2, 0.25) is 0 Å². The summed E-state index contributed by atoms with van der Waals surface area (Å²) in [5, 5.41) is 0. The highest BCUT2D eigenvalue weighted by atomic mass is 19.4. The number of alkyl halides is 15. The summed E-state index contributed by atoms with van der Waals surface area (Å²) in [7, 11) is -1.96. The third-order valence-corrected chi connectivity index (χ3v) is 9.21. The summed E-state index contributed by atoms with van der Waals surface area (Å²) in [6.07, 6.45) is -28.2. The first kappa shape index (κ1) is 44.3. The van der Waals surface area contributed by atoms with Gasteiger partial charge in [0.25, 0.3) is 0 Å². The summed E-state index contributed by atoms with van der Waals surface area (Å²) >= 11 is 0. The van der Waals surface area contributed by atoms with E-state index in [9.17, 15) is 61.5 Å². The summed E-state index contributed by atoms with van der Waals surface area (Å²) < 4.78 is 235. The highest BCUT2D eigenvalue weighted by molar-refractivity contribution is 6.66. The van der Waals surface area contributed by atoms with Crippen LogP contribution in [0.15, 0.2) is 18.2 Å². The monoisotopic (exact) mass is 787 g/mol. The quantitative estimate of drug-likeness (QED) is 0.177. The van der Waals surface area contributed by atoms with Crippen molar-refractivity contribution in [2.75, 3.05) is 25.1 Å². The van der Waals surface area contributed by atoms with Crippen LogP contribution in [0.3, 0.4) is 0 Å². The van der Waals surface area contributed by atoms with E-state index in [0.29, 0.717) is 7.05 Å². The van der Waals surface area contributed by atoms with Crippen LogP contribution in [0.1, 0.15) is 55.4 Å². The largest absolute Gasteiger partial charge is 0.494 e. The van der Waals surface area contributed by atoms with Gasteiger partial charge in [0.15, 0.2) is 0 Å². The lowest BCUT2D eigenvalue weighted by Gasteiger charge is -2.40. The number of halogens is 15. The molecule has 0 bridgehead atoms. The first-order chi connectivity index (χ1) is 22.8. The van der Waals surface area contributed by atoms with Crippen molar-refractivity contribution in [3.63, 3.8) is 0 Å². The summed E-state index contributed by atoms with van der Waals surface area (Å²) in [5.74, 6) is -19.6. The molecular weight excluding hydrogens is 753 g/mol. The van der Waals surface area contributed by atoms with Crippen LogP contribution in [0, 0.1) is 0 Å². The average Bonchev–Trinajstić information content (AvgIpc) is 3.28. The Balaban J connectivity index is 2.09. The Labute approximate surface area is 288 Å². The van der Waals surface area contributed by atoms with Gasteiger partial charge in [-0.2, -0.15) is 65.9 Å². The van der Waals surface area contributed by atoms with Crippen LogP contribution >= 0.6 is 0 Å². The number of nitrogens with zero attached hydrogens (tertiary/aromatic N) is 1. The molecule has 1 aromatic carbocycles. The topological polar surface area (TPSA) is 58.6 Å². The molecule has 0 N–H and O–H groups in total. The van der Waals surface area contributed by atoms with Crippen molar-refractivity contribution >= 4 is 30.8 Å². The molecule has 0 aliphatic carbocycles. The van der Waals surface area contributed by atoms with E-state index in [2.05, 4.69) is 9.47 Å². The molecule has 298 valence electrons. The molecule has 2 unspecified atom stereocenters. The zero-order valence-corrected chi connectivity index (χ0v) is 28.9. The van der Waals surface area contributed by atoms with Gasteiger partial charge in [-0.15, -0.1) is 0 Å². The fourth-order valence-electron chi connectivity index (χ4n) is 4.56. The van der Waals surface area contributed by atoms with E-state index in [-0.39, 0.29) is 15.8 Å². The zero-order chi connectivity index (χ0) is 40.7. The molecule has 0 radical (unpaired) electrons. The third kappa shape index (κ3) is 8.11. The Morgan fingerprint density at radius 2 is 0.942 bits per heavy atom. The molecular formula is C28H34B2F15NO6. The Bertz CT molecular complexity index is 1380. The van der Waals surface area contributed by atoms with E-state index < -0.39 is 97.7 Å². The molecule has 7 nitrogen and oxygen atoms in total. The first-order valence-corrected chi connectivity index (χ1v) is 15.0. The maximum absolute atomic E-state index is 15.6. The lowest BCUT2D eigenvalue weighted by atomic mass is 9.71. The average molecular weight is 787 g/mol. The highest BCUT2D eigenvalue weighted by Gasteiger charge is 2.79. The van der Waals surface area contributed by atoms with Gasteiger partial charge in [0, 0.05) is 12.7 Å². The Morgan fingerprint density at radius 1 is 0.577 bits per heavy atom. The van der Waals surface area contributed by atoms with E-state index in [0.717, 1.165) is 12.1 Å². The number of rotatable bonds is 11. The SMILES string of the molecule is CN(CC(F)(OC(F)(F)C(F)(OCC(F)(F)C(F)(F)F)C(F)(F)F)C(F)(F)F)c1cc(B2OC(C)(C)C(C)(C)O2)cc(B2OC(C)(C)C(C)(C)O2)c1.